The van der Waals surface area contributed by atoms with Gasteiger partial charge in [-0.15, -0.1) is 0 Å². The van der Waals surface area contributed by atoms with Crippen molar-refractivity contribution in [2.24, 2.45) is 5.41 Å². The zero-order chi connectivity index (χ0) is 16.9. The third kappa shape index (κ3) is 5.35. The summed E-state index contributed by atoms with van der Waals surface area (Å²) in [5, 5.41) is 13.3. The molecule has 1 aliphatic heterocycles. The molecule has 23 heavy (non-hydrogen) atoms. The number of hydrogen-bond donors (Lipinski definition) is 2. The maximum Gasteiger partial charge on any atom is 0.410 e. The Morgan fingerprint density at radius 1 is 1.26 bits per heavy atom. The minimum absolute atomic E-state index is 0.0492. The van der Waals surface area contributed by atoms with Crippen molar-refractivity contribution in [1.82, 2.24) is 10.2 Å². The number of likely N-dealkylation sites (tertiary alicyclic amines) is 1. The van der Waals surface area contributed by atoms with Gasteiger partial charge in [-0.1, -0.05) is 19.3 Å². The molecule has 134 valence electrons. The number of aliphatic hydroxyl groups is 1. The van der Waals surface area contributed by atoms with Gasteiger partial charge in [0, 0.05) is 37.7 Å². The number of carbonyl (C=O) groups is 1. The van der Waals surface area contributed by atoms with E-state index in [1.54, 1.807) is 0 Å². The van der Waals surface area contributed by atoms with Crippen LogP contribution >= 0.6 is 0 Å². The number of ether oxygens (including phenoxy) is 1. The summed E-state index contributed by atoms with van der Waals surface area (Å²) in [4.78, 5) is 14.2. The minimum atomic E-state index is -0.444. The minimum Gasteiger partial charge on any atom is -0.444 e. The molecule has 2 aliphatic rings. The quantitative estimate of drug-likeness (QED) is 0.815. The smallest absolute Gasteiger partial charge is 0.410 e. The van der Waals surface area contributed by atoms with E-state index in [1.165, 1.54) is 19.3 Å². The molecule has 5 nitrogen and oxygen atoms in total. The Hall–Kier alpha value is -0.810. The third-order valence-corrected chi connectivity index (χ3v) is 5.13. The molecule has 0 aromatic carbocycles. The molecule has 0 bridgehead atoms. The summed E-state index contributed by atoms with van der Waals surface area (Å²) < 4.78 is 5.51. The monoisotopic (exact) mass is 326 g/mol. The van der Waals surface area contributed by atoms with Crippen LogP contribution in [0, 0.1) is 5.41 Å². The van der Waals surface area contributed by atoms with Gasteiger partial charge < -0.3 is 20.1 Å². The Morgan fingerprint density at radius 2 is 1.96 bits per heavy atom. The first-order valence-electron chi connectivity index (χ1n) is 9.16. The van der Waals surface area contributed by atoms with E-state index in [-0.39, 0.29) is 24.2 Å². The molecule has 2 rings (SSSR count). The van der Waals surface area contributed by atoms with Gasteiger partial charge in [-0.05, 0) is 46.5 Å². The van der Waals surface area contributed by atoms with Crippen molar-refractivity contribution in [2.45, 2.75) is 77.4 Å². The van der Waals surface area contributed by atoms with E-state index in [4.69, 9.17) is 4.74 Å². The first-order valence-corrected chi connectivity index (χ1v) is 9.16. The molecule has 1 saturated carbocycles. The predicted octanol–water partition coefficient (Wildman–Crippen LogP) is 2.92. The lowest BCUT2D eigenvalue weighted by Crippen LogP contribution is -2.47. The second-order valence-electron chi connectivity index (χ2n) is 8.32. The number of amides is 1. The summed E-state index contributed by atoms with van der Waals surface area (Å²) in [6, 6.07) is 0.212. The molecular weight excluding hydrogens is 292 g/mol. The van der Waals surface area contributed by atoms with E-state index in [0.29, 0.717) is 0 Å². The molecule has 0 aromatic rings. The number of nitrogens with one attached hydrogen (secondary N) is 1. The van der Waals surface area contributed by atoms with E-state index >= 15 is 0 Å². The van der Waals surface area contributed by atoms with Crippen LogP contribution in [0.5, 0.6) is 0 Å². The van der Waals surface area contributed by atoms with Crippen LogP contribution in [0.4, 0.5) is 4.79 Å². The molecule has 2 fully saturated rings. The van der Waals surface area contributed by atoms with Crippen molar-refractivity contribution < 1.29 is 14.6 Å². The second kappa shape index (κ2) is 7.84. The van der Waals surface area contributed by atoms with Crippen LogP contribution < -0.4 is 5.32 Å². The van der Waals surface area contributed by atoms with Crippen LogP contribution in [-0.4, -0.2) is 54.0 Å². The Labute approximate surface area is 140 Å². The molecular formula is C18H34N2O3. The van der Waals surface area contributed by atoms with Gasteiger partial charge in [0.05, 0.1) is 0 Å². The van der Waals surface area contributed by atoms with E-state index in [9.17, 15) is 9.90 Å². The van der Waals surface area contributed by atoms with Crippen molar-refractivity contribution in [2.75, 3.05) is 26.2 Å². The number of hydrogen-bond acceptors (Lipinski definition) is 4. The van der Waals surface area contributed by atoms with Gasteiger partial charge in [0.1, 0.15) is 5.60 Å². The summed E-state index contributed by atoms with van der Waals surface area (Å²) in [6.45, 7) is 8.41. The average Bonchev–Trinajstić information content (AvgIpc) is 2.95. The molecule has 1 saturated heterocycles. The highest BCUT2D eigenvalue weighted by molar-refractivity contribution is 5.69. The van der Waals surface area contributed by atoms with Crippen molar-refractivity contribution in [3.63, 3.8) is 0 Å². The van der Waals surface area contributed by atoms with E-state index < -0.39 is 5.60 Å². The fraction of sp³-hybridized carbons (Fsp3) is 0.944. The summed E-state index contributed by atoms with van der Waals surface area (Å²) in [5.41, 5.74) is -0.395. The number of aliphatic hydroxyl groups excluding tert-OH is 1. The first-order chi connectivity index (χ1) is 10.9. The van der Waals surface area contributed by atoms with Gasteiger partial charge in [0.2, 0.25) is 0 Å². The van der Waals surface area contributed by atoms with Crippen LogP contribution in [-0.2, 0) is 4.74 Å². The highest BCUT2D eigenvalue weighted by Crippen LogP contribution is 2.35. The Kier molecular flexibility index (Phi) is 6.32. The van der Waals surface area contributed by atoms with Crippen LogP contribution in [0.1, 0.15) is 65.7 Å². The molecule has 2 N–H and O–H groups in total. The second-order valence-corrected chi connectivity index (χ2v) is 8.32. The summed E-state index contributed by atoms with van der Waals surface area (Å²) in [6.07, 6.45) is 7.81. The maximum absolute atomic E-state index is 12.3. The zero-order valence-corrected chi connectivity index (χ0v) is 15.1. The average molecular weight is 326 g/mol. The Bertz CT molecular complexity index is 386. The number of nitrogens with zero attached hydrogens (tertiary/aromatic N) is 1. The van der Waals surface area contributed by atoms with Crippen molar-refractivity contribution in [3.05, 3.63) is 0 Å². The van der Waals surface area contributed by atoms with Gasteiger partial charge in [-0.25, -0.2) is 4.79 Å². The molecule has 0 radical (unpaired) electrons. The molecule has 1 amide bonds. The molecule has 5 heteroatoms. The first kappa shape index (κ1) is 18.5. The van der Waals surface area contributed by atoms with E-state index in [1.807, 2.05) is 25.7 Å². The van der Waals surface area contributed by atoms with Crippen LogP contribution in [0.15, 0.2) is 0 Å². The molecule has 1 aliphatic carbocycles. The highest BCUT2D eigenvalue weighted by atomic mass is 16.6. The lowest BCUT2D eigenvalue weighted by atomic mass is 9.74. The van der Waals surface area contributed by atoms with Gasteiger partial charge in [-0.3, -0.25) is 0 Å². The Morgan fingerprint density at radius 3 is 2.57 bits per heavy atom. The normalized spacial score (nSPS) is 24.7. The van der Waals surface area contributed by atoms with Crippen LogP contribution in [0.2, 0.25) is 0 Å². The molecule has 0 aromatic heterocycles. The number of carbonyl (C=O) groups excluding carboxylic acids is 1. The zero-order valence-electron chi connectivity index (χ0n) is 15.1. The highest BCUT2D eigenvalue weighted by Gasteiger charge is 2.34. The Balaban J connectivity index is 1.81. The SMILES string of the molecule is CC(C)(C)OC(=O)N1CCCC1CNCC1(CO)CCCCC1. The van der Waals surface area contributed by atoms with Gasteiger partial charge in [0.15, 0.2) is 0 Å². The largest absolute Gasteiger partial charge is 0.444 e. The topological polar surface area (TPSA) is 61.8 Å². The van der Waals surface area contributed by atoms with Crippen molar-refractivity contribution in [1.29, 1.82) is 0 Å². The fourth-order valence-corrected chi connectivity index (χ4v) is 3.81. The summed E-state index contributed by atoms with van der Waals surface area (Å²) >= 11 is 0. The van der Waals surface area contributed by atoms with Gasteiger partial charge >= 0.3 is 6.09 Å². The van der Waals surface area contributed by atoms with Gasteiger partial charge in [-0.2, -0.15) is 0 Å². The summed E-state index contributed by atoms with van der Waals surface area (Å²) in [5.74, 6) is 0. The standard InChI is InChI=1S/C18H34N2O3/c1-17(2,3)23-16(22)20-11-7-8-15(20)12-19-13-18(14-21)9-5-4-6-10-18/h15,19,21H,4-14H2,1-3H3. The van der Waals surface area contributed by atoms with E-state index in [0.717, 1.165) is 45.3 Å². The van der Waals surface area contributed by atoms with Crippen molar-refractivity contribution >= 4 is 6.09 Å². The molecule has 1 atom stereocenters. The van der Waals surface area contributed by atoms with Crippen molar-refractivity contribution in [3.8, 4) is 0 Å². The van der Waals surface area contributed by atoms with Crippen LogP contribution in [0.3, 0.4) is 0 Å². The van der Waals surface area contributed by atoms with E-state index in [2.05, 4.69) is 5.32 Å². The number of rotatable bonds is 5. The maximum atomic E-state index is 12.3. The lowest BCUT2D eigenvalue weighted by molar-refractivity contribution is 0.0219. The molecule has 1 heterocycles. The summed E-state index contributed by atoms with van der Waals surface area (Å²) in [7, 11) is 0. The van der Waals surface area contributed by atoms with Gasteiger partial charge in [0.25, 0.3) is 0 Å². The lowest BCUT2D eigenvalue weighted by Gasteiger charge is -2.36. The fourth-order valence-electron chi connectivity index (χ4n) is 3.81. The molecule has 1 unspecified atom stereocenters. The van der Waals surface area contributed by atoms with Crippen LogP contribution in [0.25, 0.3) is 0 Å². The molecule has 0 spiro atoms. The predicted molar refractivity (Wildman–Crippen MR) is 91.4 cm³/mol. The third-order valence-electron chi connectivity index (χ3n) is 5.13.